The van der Waals surface area contributed by atoms with E-state index in [0.29, 0.717) is 13.1 Å². The number of hydrogen-bond acceptors (Lipinski definition) is 3. The minimum absolute atomic E-state index is 0.0932. The van der Waals surface area contributed by atoms with E-state index in [1.54, 1.807) is 29.7 Å². The number of quaternary nitrogens is 1. The van der Waals surface area contributed by atoms with Gasteiger partial charge in [-0.25, -0.2) is 0 Å². The lowest BCUT2D eigenvalue weighted by Crippen LogP contribution is -2.42. The molecule has 0 spiro atoms. The molecule has 0 unspecified atom stereocenters. The van der Waals surface area contributed by atoms with Gasteiger partial charge in [0.1, 0.15) is 0 Å². The van der Waals surface area contributed by atoms with Gasteiger partial charge in [-0.3, -0.25) is 0 Å². The Labute approximate surface area is 121 Å². The van der Waals surface area contributed by atoms with E-state index >= 15 is 0 Å². The number of likely N-dealkylation sites (tertiary alicyclic amines) is 1. The van der Waals surface area contributed by atoms with Crippen molar-refractivity contribution in [3.8, 4) is 0 Å². The summed E-state index contributed by atoms with van der Waals surface area (Å²) >= 11 is 3.47. The van der Waals surface area contributed by atoms with Gasteiger partial charge in [-0.1, -0.05) is 5.57 Å². The van der Waals surface area contributed by atoms with Gasteiger partial charge in [-0.05, 0) is 50.4 Å². The van der Waals surface area contributed by atoms with E-state index in [0.717, 1.165) is 12.8 Å². The van der Waals surface area contributed by atoms with Crippen LogP contribution >= 0.6 is 22.7 Å². The van der Waals surface area contributed by atoms with Crippen LogP contribution in [-0.4, -0.2) is 24.8 Å². The van der Waals surface area contributed by atoms with Crippen LogP contribution in [0.4, 0.5) is 0 Å². The smallest absolute Gasteiger partial charge is 0.0820 e. The summed E-state index contributed by atoms with van der Waals surface area (Å²) in [5, 5.41) is 20.6. The van der Waals surface area contributed by atoms with Crippen LogP contribution in [0.15, 0.2) is 39.2 Å². The van der Waals surface area contributed by atoms with Crippen LogP contribution in [0.2, 0.25) is 0 Å². The van der Waals surface area contributed by atoms with Crippen molar-refractivity contribution >= 4 is 28.2 Å². The Hall–Kier alpha value is -0.940. The third-order valence-electron chi connectivity index (χ3n) is 3.75. The van der Waals surface area contributed by atoms with E-state index in [4.69, 9.17) is 0 Å². The highest BCUT2D eigenvalue weighted by atomic mass is 32.1. The summed E-state index contributed by atoms with van der Waals surface area (Å²) < 4.78 is -0.0932. The van der Waals surface area contributed by atoms with Gasteiger partial charge in [0.05, 0.1) is 20.1 Å². The Balaban J connectivity index is 2.01. The van der Waals surface area contributed by atoms with E-state index in [-0.39, 0.29) is 4.65 Å². The van der Waals surface area contributed by atoms with Crippen molar-refractivity contribution in [2.75, 3.05) is 20.1 Å². The molecule has 1 fully saturated rings. The summed E-state index contributed by atoms with van der Waals surface area (Å²) in [4.78, 5) is 0. The monoisotopic (exact) mass is 291 g/mol. The molecule has 0 aromatic carbocycles. The molecule has 4 heteroatoms. The minimum Gasteiger partial charge on any atom is -0.633 e. The maximum absolute atomic E-state index is 12.0. The molecule has 19 heavy (non-hydrogen) atoms. The zero-order valence-corrected chi connectivity index (χ0v) is 12.6. The minimum atomic E-state index is -0.0932. The topological polar surface area (TPSA) is 23.1 Å². The molecule has 0 amide bonds. The standard InChI is InChI=1S/C15H17NOS2/c1-16(17)6-2-12(3-7-16)15(13-4-8-18-10-13)14-5-9-19-11-14/h4-5,8-11H,2-3,6-7H2,1H3. The molecule has 100 valence electrons. The van der Waals surface area contributed by atoms with Crippen LogP contribution in [-0.2, 0) is 0 Å². The number of hydroxylamine groups is 3. The molecule has 0 radical (unpaired) electrons. The predicted molar refractivity (Wildman–Crippen MR) is 83.2 cm³/mol. The van der Waals surface area contributed by atoms with Gasteiger partial charge >= 0.3 is 0 Å². The van der Waals surface area contributed by atoms with E-state index in [1.165, 1.54) is 22.3 Å². The van der Waals surface area contributed by atoms with Crippen molar-refractivity contribution in [1.82, 2.24) is 0 Å². The fraction of sp³-hybridized carbons (Fsp3) is 0.333. The van der Waals surface area contributed by atoms with Gasteiger partial charge in [0.15, 0.2) is 0 Å². The summed E-state index contributed by atoms with van der Waals surface area (Å²) in [6.45, 7) is 1.40. The Bertz CT molecular complexity index is 519. The first-order valence-electron chi connectivity index (χ1n) is 6.48. The van der Waals surface area contributed by atoms with Gasteiger partial charge in [0, 0.05) is 12.8 Å². The molecular formula is C15H17NOS2. The van der Waals surface area contributed by atoms with Gasteiger partial charge in [0.2, 0.25) is 0 Å². The molecule has 1 aliphatic heterocycles. The summed E-state index contributed by atoms with van der Waals surface area (Å²) in [6.07, 6.45) is 1.84. The van der Waals surface area contributed by atoms with E-state index in [9.17, 15) is 5.21 Å². The normalized spacial score (nSPS) is 23.6. The number of nitrogens with zero attached hydrogens (tertiary/aromatic N) is 1. The highest BCUT2D eigenvalue weighted by Gasteiger charge is 2.22. The molecule has 3 heterocycles. The Morgan fingerprint density at radius 1 is 1.05 bits per heavy atom. The van der Waals surface area contributed by atoms with Crippen molar-refractivity contribution in [3.05, 3.63) is 55.6 Å². The van der Waals surface area contributed by atoms with Crippen LogP contribution in [0.25, 0.3) is 5.57 Å². The maximum Gasteiger partial charge on any atom is 0.0820 e. The van der Waals surface area contributed by atoms with Gasteiger partial charge < -0.3 is 9.85 Å². The SMILES string of the molecule is C[N+]1([O-])CCC(=C(c2ccsc2)c2ccsc2)CC1. The number of thiophene rings is 2. The Morgan fingerprint density at radius 3 is 2.00 bits per heavy atom. The van der Waals surface area contributed by atoms with Crippen LogP contribution in [0.1, 0.15) is 24.0 Å². The van der Waals surface area contributed by atoms with Crippen molar-refractivity contribution in [2.24, 2.45) is 0 Å². The second kappa shape index (κ2) is 5.21. The zero-order chi connectivity index (χ0) is 13.3. The zero-order valence-electron chi connectivity index (χ0n) is 11.0. The summed E-state index contributed by atoms with van der Waals surface area (Å²) in [7, 11) is 1.78. The summed E-state index contributed by atoms with van der Waals surface area (Å²) in [5.41, 5.74) is 5.42. The highest BCUT2D eigenvalue weighted by Crippen LogP contribution is 2.35. The summed E-state index contributed by atoms with van der Waals surface area (Å²) in [5.74, 6) is 0. The predicted octanol–water partition coefficient (Wildman–Crippen LogP) is 4.35. The number of rotatable bonds is 2. The van der Waals surface area contributed by atoms with Crippen molar-refractivity contribution < 1.29 is 4.65 Å². The molecule has 2 aromatic heterocycles. The molecule has 0 saturated carbocycles. The number of piperidine rings is 1. The second-order valence-corrected chi connectivity index (χ2v) is 6.81. The molecule has 0 N–H and O–H groups in total. The average Bonchev–Trinajstić information content (AvgIpc) is 3.05. The second-order valence-electron chi connectivity index (χ2n) is 5.25. The molecular weight excluding hydrogens is 274 g/mol. The summed E-state index contributed by atoms with van der Waals surface area (Å²) in [6, 6.07) is 4.37. The molecule has 0 bridgehead atoms. The Kier molecular flexibility index (Phi) is 3.58. The first kappa shape index (κ1) is 13.1. The van der Waals surface area contributed by atoms with Crippen molar-refractivity contribution in [3.63, 3.8) is 0 Å². The first-order valence-corrected chi connectivity index (χ1v) is 8.37. The largest absolute Gasteiger partial charge is 0.633 e. The maximum atomic E-state index is 12.0. The lowest BCUT2D eigenvalue weighted by Gasteiger charge is -2.42. The highest BCUT2D eigenvalue weighted by molar-refractivity contribution is 7.08. The third kappa shape index (κ3) is 2.82. The van der Waals surface area contributed by atoms with E-state index in [1.807, 2.05) is 0 Å². The fourth-order valence-electron chi connectivity index (χ4n) is 2.62. The molecule has 2 aromatic rings. The average molecular weight is 291 g/mol. The van der Waals surface area contributed by atoms with Crippen LogP contribution in [0, 0.1) is 5.21 Å². The molecule has 1 saturated heterocycles. The quantitative estimate of drug-likeness (QED) is 0.596. The van der Waals surface area contributed by atoms with Gasteiger partial charge in [-0.15, -0.1) is 0 Å². The van der Waals surface area contributed by atoms with Crippen molar-refractivity contribution in [2.45, 2.75) is 12.8 Å². The number of hydrogen-bond donors (Lipinski definition) is 0. The van der Waals surface area contributed by atoms with Crippen LogP contribution in [0.3, 0.4) is 0 Å². The van der Waals surface area contributed by atoms with E-state index < -0.39 is 0 Å². The van der Waals surface area contributed by atoms with Crippen LogP contribution in [0.5, 0.6) is 0 Å². The lowest BCUT2D eigenvalue weighted by molar-refractivity contribution is -0.863. The molecule has 1 aliphatic rings. The van der Waals surface area contributed by atoms with Gasteiger partial charge in [0.25, 0.3) is 0 Å². The van der Waals surface area contributed by atoms with E-state index in [2.05, 4.69) is 33.7 Å². The molecule has 0 atom stereocenters. The van der Waals surface area contributed by atoms with Crippen molar-refractivity contribution in [1.29, 1.82) is 0 Å². The van der Waals surface area contributed by atoms with Gasteiger partial charge in [-0.2, -0.15) is 22.7 Å². The lowest BCUT2D eigenvalue weighted by atomic mass is 9.91. The molecule has 3 rings (SSSR count). The molecule has 2 nitrogen and oxygen atoms in total. The fourth-order valence-corrected chi connectivity index (χ4v) is 3.91. The third-order valence-corrected chi connectivity index (χ3v) is 5.11. The Morgan fingerprint density at radius 2 is 1.58 bits per heavy atom. The molecule has 0 aliphatic carbocycles. The first-order chi connectivity index (χ1) is 9.16. The van der Waals surface area contributed by atoms with Crippen LogP contribution < -0.4 is 0 Å².